The molecule has 0 aliphatic carbocycles. The van der Waals surface area contributed by atoms with E-state index >= 15 is 0 Å². The number of hydrogen-bond acceptors (Lipinski definition) is 5. The molecule has 6 nitrogen and oxygen atoms in total. The zero-order valence-corrected chi connectivity index (χ0v) is 16.3. The van der Waals surface area contributed by atoms with Crippen LogP contribution in [0, 0.1) is 17.2 Å². The fraction of sp³-hybridized carbons (Fsp3) is 0.286. The first-order chi connectivity index (χ1) is 14.2. The summed E-state index contributed by atoms with van der Waals surface area (Å²) in [7, 11) is 0. The lowest BCUT2D eigenvalue weighted by atomic mass is 9.99. The van der Waals surface area contributed by atoms with Crippen LogP contribution in [0.1, 0.15) is 31.5 Å². The van der Waals surface area contributed by atoms with Crippen molar-refractivity contribution in [2.45, 2.75) is 26.4 Å². The number of nitrogens with zero attached hydrogens (tertiary/aromatic N) is 3. The standard InChI is InChI=1S/C21H19F3N4O2/c1-12(2)5-6-30-17-4-3-15(16-8-18(28-27-16)21(22,23)24)20(29)19(17)14-7-13(9-25)10-26-11-14/h3-4,7-8,10-12,29H,5-6H2,1-2H3,(H,27,28). The second-order valence-corrected chi connectivity index (χ2v) is 7.10. The van der Waals surface area contributed by atoms with E-state index in [0.29, 0.717) is 23.8 Å². The third-order valence-corrected chi connectivity index (χ3v) is 4.41. The van der Waals surface area contributed by atoms with Crippen molar-refractivity contribution in [1.82, 2.24) is 15.2 Å². The van der Waals surface area contributed by atoms with Crippen LogP contribution in [-0.4, -0.2) is 26.9 Å². The highest BCUT2D eigenvalue weighted by Gasteiger charge is 2.33. The number of ether oxygens (including phenoxy) is 1. The van der Waals surface area contributed by atoms with Crippen LogP contribution >= 0.6 is 0 Å². The van der Waals surface area contributed by atoms with Crippen LogP contribution < -0.4 is 4.74 Å². The van der Waals surface area contributed by atoms with Crippen molar-refractivity contribution in [3.63, 3.8) is 0 Å². The Bertz CT molecular complexity index is 1080. The normalized spacial score (nSPS) is 11.5. The Kier molecular flexibility index (Phi) is 5.96. The number of halogens is 3. The van der Waals surface area contributed by atoms with E-state index in [1.807, 2.05) is 25.0 Å². The Labute approximate surface area is 171 Å². The van der Waals surface area contributed by atoms with Gasteiger partial charge in [0.15, 0.2) is 0 Å². The molecule has 0 aliphatic heterocycles. The van der Waals surface area contributed by atoms with Gasteiger partial charge in [0.05, 0.1) is 23.4 Å². The van der Waals surface area contributed by atoms with Crippen LogP contribution in [0.2, 0.25) is 0 Å². The van der Waals surface area contributed by atoms with Gasteiger partial charge in [-0.05, 0) is 36.6 Å². The molecule has 0 amide bonds. The Morgan fingerprint density at radius 3 is 2.63 bits per heavy atom. The maximum Gasteiger partial charge on any atom is 0.432 e. The molecule has 0 saturated heterocycles. The van der Waals surface area contributed by atoms with E-state index in [4.69, 9.17) is 10.00 Å². The number of phenolic OH excluding ortho intramolecular Hbond substituents is 1. The highest BCUT2D eigenvalue weighted by Crippen LogP contribution is 2.44. The minimum Gasteiger partial charge on any atom is -0.506 e. The molecule has 30 heavy (non-hydrogen) atoms. The number of alkyl halides is 3. The lowest BCUT2D eigenvalue weighted by Gasteiger charge is -2.16. The van der Waals surface area contributed by atoms with E-state index in [9.17, 15) is 18.3 Å². The molecule has 0 saturated carbocycles. The summed E-state index contributed by atoms with van der Waals surface area (Å²) >= 11 is 0. The Balaban J connectivity index is 2.11. The van der Waals surface area contributed by atoms with Crippen molar-refractivity contribution in [1.29, 1.82) is 5.26 Å². The van der Waals surface area contributed by atoms with Gasteiger partial charge in [0.25, 0.3) is 0 Å². The van der Waals surface area contributed by atoms with Crippen LogP contribution in [0.15, 0.2) is 36.7 Å². The summed E-state index contributed by atoms with van der Waals surface area (Å²) in [4.78, 5) is 4.00. The average Bonchev–Trinajstić information content (AvgIpc) is 3.18. The molecule has 0 unspecified atom stereocenters. The summed E-state index contributed by atoms with van der Waals surface area (Å²) in [5, 5.41) is 25.7. The van der Waals surface area contributed by atoms with Gasteiger partial charge in [-0.2, -0.15) is 23.5 Å². The summed E-state index contributed by atoms with van der Waals surface area (Å²) in [5.74, 6) is 0.421. The number of nitriles is 1. The largest absolute Gasteiger partial charge is 0.506 e. The highest BCUT2D eigenvalue weighted by atomic mass is 19.4. The van der Waals surface area contributed by atoms with Gasteiger partial charge >= 0.3 is 6.18 Å². The first-order valence-corrected chi connectivity index (χ1v) is 9.18. The summed E-state index contributed by atoms with van der Waals surface area (Å²) in [6.45, 7) is 4.47. The molecule has 3 rings (SSSR count). The SMILES string of the molecule is CC(C)CCOc1ccc(-c2cc(C(F)(F)F)[nH]n2)c(O)c1-c1cncc(C#N)c1. The minimum atomic E-state index is -4.59. The van der Waals surface area contributed by atoms with Gasteiger partial charge in [0, 0.05) is 23.5 Å². The number of phenols is 1. The predicted molar refractivity (Wildman–Crippen MR) is 104 cm³/mol. The molecule has 0 radical (unpaired) electrons. The molecule has 0 bridgehead atoms. The fourth-order valence-corrected chi connectivity index (χ4v) is 2.83. The van der Waals surface area contributed by atoms with Crippen molar-refractivity contribution in [3.05, 3.63) is 47.9 Å². The molecule has 2 heterocycles. The summed E-state index contributed by atoms with van der Waals surface area (Å²) < 4.78 is 44.6. The van der Waals surface area contributed by atoms with Gasteiger partial charge in [-0.25, -0.2) is 0 Å². The van der Waals surface area contributed by atoms with Gasteiger partial charge < -0.3 is 9.84 Å². The van der Waals surface area contributed by atoms with Crippen LogP contribution in [0.3, 0.4) is 0 Å². The van der Waals surface area contributed by atoms with Crippen LogP contribution in [0.25, 0.3) is 22.4 Å². The maximum atomic E-state index is 12.9. The molecule has 3 aromatic rings. The minimum absolute atomic E-state index is 0.0702. The van der Waals surface area contributed by atoms with E-state index < -0.39 is 11.9 Å². The van der Waals surface area contributed by atoms with Gasteiger partial charge in [0.2, 0.25) is 0 Å². The molecular formula is C21H19F3N4O2. The number of H-pyrrole nitrogens is 1. The number of aromatic hydroxyl groups is 1. The van der Waals surface area contributed by atoms with E-state index in [1.54, 1.807) is 6.07 Å². The zero-order valence-electron chi connectivity index (χ0n) is 16.3. The van der Waals surface area contributed by atoms with E-state index in [0.717, 1.165) is 12.5 Å². The summed E-state index contributed by atoms with van der Waals surface area (Å²) in [6.07, 6.45) is -1.00. The molecule has 1 aromatic carbocycles. The van der Waals surface area contributed by atoms with Crippen LogP contribution in [-0.2, 0) is 6.18 Å². The van der Waals surface area contributed by atoms with Gasteiger partial charge in [-0.15, -0.1) is 0 Å². The molecule has 2 aromatic heterocycles. The summed E-state index contributed by atoms with van der Waals surface area (Å²) in [6, 6.07) is 7.32. The first kappa shape index (κ1) is 21.2. The number of benzene rings is 1. The molecule has 156 valence electrons. The number of pyridine rings is 1. The first-order valence-electron chi connectivity index (χ1n) is 9.18. The molecule has 0 fully saturated rings. The number of nitrogens with one attached hydrogen (secondary N) is 1. The second kappa shape index (κ2) is 8.45. The predicted octanol–water partition coefficient (Wildman–Crippen LogP) is 5.16. The smallest absolute Gasteiger partial charge is 0.432 e. The van der Waals surface area contributed by atoms with Crippen molar-refractivity contribution >= 4 is 0 Å². The molecular weight excluding hydrogens is 397 g/mol. The highest BCUT2D eigenvalue weighted by molar-refractivity contribution is 5.85. The Morgan fingerprint density at radius 2 is 2.00 bits per heavy atom. The van der Waals surface area contributed by atoms with Crippen LogP contribution in [0.4, 0.5) is 13.2 Å². The van der Waals surface area contributed by atoms with Gasteiger partial charge in [-0.1, -0.05) is 13.8 Å². The molecule has 9 heteroatoms. The molecule has 0 spiro atoms. The van der Waals surface area contributed by atoms with Crippen molar-refractivity contribution in [2.24, 2.45) is 5.92 Å². The number of hydrogen-bond donors (Lipinski definition) is 2. The van der Waals surface area contributed by atoms with E-state index in [-0.39, 0.29) is 28.1 Å². The number of aromatic nitrogens is 3. The van der Waals surface area contributed by atoms with Crippen molar-refractivity contribution in [2.75, 3.05) is 6.61 Å². The molecule has 0 aliphatic rings. The third-order valence-electron chi connectivity index (χ3n) is 4.41. The molecule has 0 atom stereocenters. The average molecular weight is 416 g/mol. The van der Waals surface area contributed by atoms with E-state index in [1.165, 1.54) is 24.5 Å². The number of aromatic amines is 1. The fourth-order valence-electron chi connectivity index (χ4n) is 2.83. The lowest BCUT2D eigenvalue weighted by molar-refractivity contribution is -0.141. The van der Waals surface area contributed by atoms with Gasteiger partial charge in [0.1, 0.15) is 23.3 Å². The van der Waals surface area contributed by atoms with Crippen LogP contribution in [0.5, 0.6) is 11.5 Å². The topological polar surface area (TPSA) is 94.8 Å². The second-order valence-electron chi connectivity index (χ2n) is 7.10. The van der Waals surface area contributed by atoms with Gasteiger partial charge in [-0.3, -0.25) is 10.1 Å². The zero-order chi connectivity index (χ0) is 21.9. The monoisotopic (exact) mass is 416 g/mol. The maximum absolute atomic E-state index is 12.9. The lowest BCUT2D eigenvalue weighted by Crippen LogP contribution is -2.04. The summed E-state index contributed by atoms with van der Waals surface area (Å²) in [5.41, 5.74) is -0.0973. The van der Waals surface area contributed by atoms with Crippen molar-refractivity contribution in [3.8, 4) is 40.0 Å². The number of rotatable bonds is 6. The third kappa shape index (κ3) is 4.54. The van der Waals surface area contributed by atoms with E-state index in [2.05, 4.69) is 10.1 Å². The van der Waals surface area contributed by atoms with Crippen molar-refractivity contribution < 1.29 is 23.0 Å². The quantitative estimate of drug-likeness (QED) is 0.579. The Hall–Kier alpha value is -3.54. The Morgan fingerprint density at radius 1 is 1.23 bits per heavy atom. The molecule has 2 N–H and O–H groups in total.